The number of carbonyl (C=O) groups excluding carboxylic acids is 1. The van der Waals surface area contributed by atoms with E-state index < -0.39 is 0 Å². The Labute approximate surface area is 115 Å². The number of hydrogen-bond acceptors (Lipinski definition) is 3. The van der Waals surface area contributed by atoms with Crippen LogP contribution in [-0.2, 0) is 11.3 Å². The molecule has 2 rings (SSSR count). The fraction of sp³-hybridized carbons (Fsp3) is 0.533. The van der Waals surface area contributed by atoms with E-state index in [2.05, 4.69) is 41.4 Å². The summed E-state index contributed by atoms with van der Waals surface area (Å²) in [6.45, 7) is 5.01. The number of rotatable bonds is 4. The molecule has 19 heavy (non-hydrogen) atoms. The second kappa shape index (κ2) is 6.68. The van der Waals surface area contributed by atoms with Crippen LogP contribution in [0.5, 0.6) is 0 Å². The highest BCUT2D eigenvalue weighted by Gasteiger charge is 2.17. The maximum Gasteiger partial charge on any atom is 0.234 e. The molecule has 4 heteroatoms. The molecule has 1 heterocycles. The predicted octanol–water partition coefficient (Wildman–Crippen LogP) is 1.03. The molecule has 0 aromatic heterocycles. The lowest BCUT2D eigenvalue weighted by molar-refractivity contribution is -0.122. The smallest absolute Gasteiger partial charge is 0.234 e. The summed E-state index contributed by atoms with van der Waals surface area (Å²) >= 11 is 0. The van der Waals surface area contributed by atoms with Crippen molar-refractivity contribution in [3.63, 3.8) is 0 Å². The average molecular weight is 261 g/mol. The van der Waals surface area contributed by atoms with Gasteiger partial charge in [-0.2, -0.15) is 0 Å². The van der Waals surface area contributed by atoms with E-state index in [1.807, 2.05) is 0 Å². The van der Waals surface area contributed by atoms with Gasteiger partial charge in [0.15, 0.2) is 0 Å². The number of nitrogens with zero attached hydrogens (tertiary/aromatic N) is 1. The van der Waals surface area contributed by atoms with E-state index in [1.165, 1.54) is 5.56 Å². The Hall–Kier alpha value is -1.39. The summed E-state index contributed by atoms with van der Waals surface area (Å²) in [6, 6.07) is 8.54. The molecule has 1 fully saturated rings. The number of piperidine rings is 1. The van der Waals surface area contributed by atoms with Crippen molar-refractivity contribution in [3.8, 4) is 0 Å². The molecule has 0 atom stereocenters. The van der Waals surface area contributed by atoms with Crippen LogP contribution in [-0.4, -0.2) is 36.5 Å². The Morgan fingerprint density at radius 1 is 1.32 bits per heavy atom. The number of nitrogens with one attached hydrogen (secondary N) is 1. The van der Waals surface area contributed by atoms with Crippen LogP contribution in [0.15, 0.2) is 24.3 Å². The van der Waals surface area contributed by atoms with Gasteiger partial charge in [0, 0.05) is 25.7 Å². The van der Waals surface area contributed by atoms with Crippen molar-refractivity contribution in [2.24, 2.45) is 5.73 Å². The average Bonchev–Trinajstić information content (AvgIpc) is 2.41. The minimum absolute atomic E-state index is 0.0936. The molecule has 104 valence electrons. The van der Waals surface area contributed by atoms with Gasteiger partial charge in [-0.15, -0.1) is 0 Å². The zero-order chi connectivity index (χ0) is 13.7. The fourth-order valence-electron chi connectivity index (χ4n) is 2.28. The number of likely N-dealkylation sites (tertiary alicyclic amines) is 1. The highest BCUT2D eigenvalue weighted by atomic mass is 16.2. The number of carbonyl (C=O) groups is 1. The number of nitrogens with two attached hydrogens (primary N) is 1. The Bertz CT molecular complexity index is 408. The Morgan fingerprint density at radius 3 is 2.58 bits per heavy atom. The highest BCUT2D eigenvalue weighted by Crippen LogP contribution is 2.07. The summed E-state index contributed by atoms with van der Waals surface area (Å²) in [5.41, 5.74) is 8.22. The summed E-state index contributed by atoms with van der Waals surface area (Å²) in [5.74, 6) is 0.0936. The highest BCUT2D eigenvalue weighted by molar-refractivity contribution is 5.78. The maximum atomic E-state index is 11.8. The zero-order valence-corrected chi connectivity index (χ0v) is 11.6. The number of hydrogen-bond donors (Lipinski definition) is 2. The molecule has 1 aliphatic heterocycles. The molecule has 0 aliphatic carbocycles. The van der Waals surface area contributed by atoms with Crippen LogP contribution >= 0.6 is 0 Å². The zero-order valence-electron chi connectivity index (χ0n) is 11.6. The fourth-order valence-corrected chi connectivity index (χ4v) is 2.28. The van der Waals surface area contributed by atoms with Crippen molar-refractivity contribution in [1.29, 1.82) is 0 Å². The summed E-state index contributed by atoms with van der Waals surface area (Å²) in [7, 11) is 0. The van der Waals surface area contributed by atoms with Crippen molar-refractivity contribution in [3.05, 3.63) is 35.4 Å². The molecule has 0 bridgehead atoms. The van der Waals surface area contributed by atoms with Gasteiger partial charge in [0.2, 0.25) is 5.91 Å². The molecular weight excluding hydrogens is 238 g/mol. The van der Waals surface area contributed by atoms with Crippen LogP contribution in [0.25, 0.3) is 0 Å². The first-order valence-corrected chi connectivity index (χ1v) is 6.93. The molecule has 1 aromatic carbocycles. The summed E-state index contributed by atoms with van der Waals surface area (Å²) in [6.07, 6.45) is 1.98. The first-order chi connectivity index (χ1) is 9.13. The topological polar surface area (TPSA) is 58.4 Å². The first kappa shape index (κ1) is 14.0. The maximum absolute atomic E-state index is 11.8. The van der Waals surface area contributed by atoms with E-state index in [0.717, 1.165) is 31.5 Å². The van der Waals surface area contributed by atoms with Gasteiger partial charge >= 0.3 is 0 Å². The standard InChI is InChI=1S/C15H23N3O/c1-12-2-4-13(5-3-12)10-17-15(19)11-18-8-6-14(16)7-9-18/h2-5,14H,6-11,16H2,1H3,(H,17,19). The van der Waals surface area contributed by atoms with Crippen LogP contribution in [0.2, 0.25) is 0 Å². The van der Waals surface area contributed by atoms with E-state index >= 15 is 0 Å². The first-order valence-electron chi connectivity index (χ1n) is 6.93. The molecule has 0 spiro atoms. The van der Waals surface area contributed by atoms with Crippen LogP contribution in [0.4, 0.5) is 0 Å². The lowest BCUT2D eigenvalue weighted by Crippen LogP contribution is -2.44. The summed E-state index contributed by atoms with van der Waals surface area (Å²) < 4.78 is 0. The van der Waals surface area contributed by atoms with Gasteiger partial charge in [-0.3, -0.25) is 9.69 Å². The molecular formula is C15H23N3O. The van der Waals surface area contributed by atoms with E-state index in [-0.39, 0.29) is 5.91 Å². The van der Waals surface area contributed by atoms with Crippen molar-refractivity contribution in [1.82, 2.24) is 10.2 Å². The lowest BCUT2D eigenvalue weighted by Gasteiger charge is -2.29. The largest absolute Gasteiger partial charge is 0.351 e. The third-order valence-electron chi connectivity index (χ3n) is 3.61. The second-order valence-electron chi connectivity index (χ2n) is 5.38. The number of amides is 1. The van der Waals surface area contributed by atoms with Crippen LogP contribution in [0.3, 0.4) is 0 Å². The molecule has 0 radical (unpaired) electrons. The summed E-state index contributed by atoms with van der Waals surface area (Å²) in [4.78, 5) is 14.0. The van der Waals surface area contributed by atoms with Gasteiger partial charge in [0.25, 0.3) is 0 Å². The minimum Gasteiger partial charge on any atom is -0.351 e. The third kappa shape index (κ3) is 4.65. The molecule has 3 N–H and O–H groups in total. The van der Waals surface area contributed by atoms with E-state index in [0.29, 0.717) is 19.1 Å². The van der Waals surface area contributed by atoms with Crippen LogP contribution < -0.4 is 11.1 Å². The van der Waals surface area contributed by atoms with Gasteiger partial charge in [-0.1, -0.05) is 29.8 Å². The Balaban J connectivity index is 1.71. The lowest BCUT2D eigenvalue weighted by atomic mass is 10.1. The van der Waals surface area contributed by atoms with Crippen molar-refractivity contribution >= 4 is 5.91 Å². The number of benzene rings is 1. The Morgan fingerprint density at radius 2 is 1.95 bits per heavy atom. The van der Waals surface area contributed by atoms with E-state index in [9.17, 15) is 4.79 Å². The molecule has 1 saturated heterocycles. The molecule has 1 amide bonds. The van der Waals surface area contributed by atoms with Gasteiger partial charge in [0.1, 0.15) is 0 Å². The van der Waals surface area contributed by atoms with Gasteiger partial charge in [-0.25, -0.2) is 0 Å². The van der Waals surface area contributed by atoms with E-state index in [4.69, 9.17) is 5.73 Å². The predicted molar refractivity (Wildman–Crippen MR) is 76.7 cm³/mol. The van der Waals surface area contributed by atoms with Crippen molar-refractivity contribution < 1.29 is 4.79 Å². The normalized spacial score (nSPS) is 17.4. The number of aryl methyl sites for hydroxylation is 1. The third-order valence-corrected chi connectivity index (χ3v) is 3.61. The van der Waals surface area contributed by atoms with E-state index in [1.54, 1.807) is 0 Å². The molecule has 1 aliphatic rings. The van der Waals surface area contributed by atoms with Crippen molar-refractivity contribution in [2.45, 2.75) is 32.4 Å². The van der Waals surface area contributed by atoms with Gasteiger partial charge < -0.3 is 11.1 Å². The van der Waals surface area contributed by atoms with Crippen LogP contribution in [0.1, 0.15) is 24.0 Å². The van der Waals surface area contributed by atoms with Gasteiger partial charge in [-0.05, 0) is 25.3 Å². The molecule has 0 unspecified atom stereocenters. The molecule has 0 saturated carbocycles. The second-order valence-corrected chi connectivity index (χ2v) is 5.38. The minimum atomic E-state index is 0.0936. The molecule has 1 aromatic rings. The van der Waals surface area contributed by atoms with Crippen LogP contribution in [0, 0.1) is 6.92 Å². The SMILES string of the molecule is Cc1ccc(CNC(=O)CN2CCC(N)CC2)cc1. The quantitative estimate of drug-likeness (QED) is 0.851. The monoisotopic (exact) mass is 261 g/mol. The van der Waals surface area contributed by atoms with Crippen molar-refractivity contribution in [2.75, 3.05) is 19.6 Å². The molecule has 4 nitrogen and oxygen atoms in total. The summed E-state index contributed by atoms with van der Waals surface area (Å²) in [5, 5.41) is 2.97. The van der Waals surface area contributed by atoms with Gasteiger partial charge in [0.05, 0.1) is 6.54 Å². The Kier molecular flexibility index (Phi) is 4.93.